The number of aromatic nitrogens is 1. The van der Waals surface area contributed by atoms with Crippen LogP contribution in [0.25, 0.3) is 11.1 Å². The van der Waals surface area contributed by atoms with E-state index in [1.807, 2.05) is 58.9 Å². The van der Waals surface area contributed by atoms with Crippen LogP contribution in [-0.2, 0) is 20.7 Å². The molecule has 0 amide bonds. The molecule has 7 nitrogen and oxygen atoms in total. The van der Waals surface area contributed by atoms with Crippen molar-refractivity contribution in [3.05, 3.63) is 71.2 Å². The summed E-state index contributed by atoms with van der Waals surface area (Å²) in [5.41, 5.74) is 3.68. The number of rotatable bonds is 10. The first kappa shape index (κ1) is 33.2. The fraction of sp³-hybridized carbons (Fsp3) is 0.500. The number of halogens is 1. The molecular weight excluding hydrogens is 559 g/mol. The summed E-state index contributed by atoms with van der Waals surface area (Å²) in [4.78, 5) is 20.4. The van der Waals surface area contributed by atoms with E-state index in [0.29, 0.717) is 35.6 Å². The van der Waals surface area contributed by atoms with Crippen molar-refractivity contribution in [2.45, 2.75) is 92.5 Å². The molecule has 1 aromatic heterocycles. The zero-order chi connectivity index (χ0) is 32.2. The molecule has 0 aliphatic carbocycles. The monoisotopic (exact) mass is 606 g/mol. The maximum absolute atomic E-state index is 13.6. The molecule has 1 fully saturated rings. The van der Waals surface area contributed by atoms with E-state index < -0.39 is 17.7 Å². The highest BCUT2D eigenvalue weighted by molar-refractivity contribution is 5.89. The Bertz CT molecular complexity index is 1420. The van der Waals surface area contributed by atoms with Gasteiger partial charge < -0.3 is 24.2 Å². The van der Waals surface area contributed by atoms with E-state index in [9.17, 15) is 14.3 Å². The second-order valence-electron chi connectivity index (χ2n) is 13.7. The van der Waals surface area contributed by atoms with Gasteiger partial charge in [0.1, 0.15) is 11.6 Å². The zero-order valence-corrected chi connectivity index (χ0v) is 27.4. The molecule has 0 bridgehead atoms. The van der Waals surface area contributed by atoms with Crippen molar-refractivity contribution in [3.8, 4) is 22.8 Å². The molecule has 44 heavy (non-hydrogen) atoms. The van der Waals surface area contributed by atoms with E-state index >= 15 is 0 Å². The second-order valence-corrected chi connectivity index (χ2v) is 13.7. The molecule has 1 aliphatic rings. The third-order valence-electron chi connectivity index (χ3n) is 7.83. The van der Waals surface area contributed by atoms with Crippen LogP contribution in [0, 0.1) is 18.2 Å². The summed E-state index contributed by atoms with van der Waals surface area (Å²) in [5, 5.41) is 11.4. The van der Waals surface area contributed by atoms with Gasteiger partial charge in [-0.15, -0.1) is 0 Å². The first-order chi connectivity index (χ1) is 20.6. The topological polar surface area (TPSA) is 81.1 Å². The molecule has 0 radical (unpaired) electrons. The van der Waals surface area contributed by atoms with Gasteiger partial charge >= 0.3 is 5.97 Å². The number of aryl methyl sites for hydroxylation is 1. The molecule has 3 aromatic rings. The van der Waals surface area contributed by atoms with Crippen LogP contribution in [-0.4, -0.2) is 47.5 Å². The summed E-state index contributed by atoms with van der Waals surface area (Å²) in [6.45, 7) is 17.6. The quantitative estimate of drug-likeness (QED) is 0.235. The Labute approximate surface area is 261 Å². The Morgan fingerprint density at radius 2 is 1.66 bits per heavy atom. The molecule has 4 rings (SSSR count). The molecule has 238 valence electrons. The number of carbonyl (C=O) groups is 1. The van der Waals surface area contributed by atoms with E-state index in [1.54, 1.807) is 19.1 Å². The smallest absolute Gasteiger partial charge is 0.340 e. The molecule has 2 heterocycles. The third kappa shape index (κ3) is 8.50. The van der Waals surface area contributed by atoms with Gasteiger partial charge in [-0.05, 0) is 95.2 Å². The lowest BCUT2D eigenvalue weighted by Gasteiger charge is -2.41. The molecule has 1 saturated heterocycles. The molecular formula is C36H47FN2O5. The van der Waals surface area contributed by atoms with E-state index in [0.717, 1.165) is 42.7 Å². The Morgan fingerprint density at radius 3 is 2.23 bits per heavy atom. The Morgan fingerprint density at radius 1 is 1.05 bits per heavy atom. The van der Waals surface area contributed by atoms with Gasteiger partial charge in [-0.2, -0.15) is 0 Å². The largest absolute Gasteiger partial charge is 0.493 e. The van der Waals surface area contributed by atoms with E-state index in [2.05, 4.69) is 23.7 Å². The number of esters is 1. The minimum atomic E-state index is -1.04. The zero-order valence-electron chi connectivity index (χ0n) is 27.4. The molecule has 8 heteroatoms. The summed E-state index contributed by atoms with van der Waals surface area (Å²) in [5.74, 6) is -0.183. The fourth-order valence-electron chi connectivity index (χ4n) is 5.46. The average molecular weight is 607 g/mol. The minimum Gasteiger partial charge on any atom is -0.493 e. The summed E-state index contributed by atoms with van der Waals surface area (Å²) in [7, 11) is 0. The molecule has 0 spiro atoms. The van der Waals surface area contributed by atoms with Gasteiger partial charge in [0, 0.05) is 30.8 Å². The third-order valence-corrected chi connectivity index (χ3v) is 7.83. The number of pyridine rings is 1. The van der Waals surface area contributed by atoms with Crippen molar-refractivity contribution >= 4 is 11.7 Å². The highest BCUT2D eigenvalue weighted by Crippen LogP contribution is 2.47. The van der Waals surface area contributed by atoms with Gasteiger partial charge in [-0.25, -0.2) is 14.2 Å². The van der Waals surface area contributed by atoms with Gasteiger partial charge in [-0.3, -0.25) is 0 Å². The van der Waals surface area contributed by atoms with Gasteiger partial charge in [0.25, 0.3) is 0 Å². The van der Waals surface area contributed by atoms with Crippen molar-refractivity contribution in [2.24, 2.45) is 5.41 Å². The highest BCUT2D eigenvalue weighted by Gasteiger charge is 2.38. The van der Waals surface area contributed by atoms with Crippen LogP contribution in [0.5, 0.6) is 11.6 Å². The van der Waals surface area contributed by atoms with Gasteiger partial charge in [0.2, 0.25) is 5.88 Å². The SMILES string of the molecule is Cc1nc(O)c(-c2ccc(OCCc3ccc(F)cc3)cc2)c(N2CCC(C)(C)CC2)c1C(OC(C)(C)C)C(=O)OC(C)C. The van der Waals surface area contributed by atoms with Crippen LogP contribution in [0.2, 0.25) is 0 Å². The lowest BCUT2D eigenvalue weighted by atomic mass is 9.82. The van der Waals surface area contributed by atoms with Crippen LogP contribution in [0.1, 0.15) is 84.2 Å². The van der Waals surface area contributed by atoms with Gasteiger partial charge in [-0.1, -0.05) is 38.1 Å². The normalized spacial score (nSPS) is 15.7. The lowest BCUT2D eigenvalue weighted by molar-refractivity contribution is -0.171. The van der Waals surface area contributed by atoms with Crippen LogP contribution >= 0.6 is 0 Å². The van der Waals surface area contributed by atoms with Gasteiger partial charge in [0.05, 0.1) is 29.6 Å². The number of nitrogens with zero attached hydrogens (tertiary/aromatic N) is 2. The average Bonchev–Trinajstić information content (AvgIpc) is 2.92. The Kier molecular flexibility index (Phi) is 10.2. The predicted octanol–water partition coefficient (Wildman–Crippen LogP) is 7.96. The van der Waals surface area contributed by atoms with Crippen LogP contribution in [0.15, 0.2) is 48.5 Å². The molecule has 1 aliphatic heterocycles. The summed E-state index contributed by atoms with van der Waals surface area (Å²) in [6, 6.07) is 13.9. The molecule has 1 N–H and O–H groups in total. The number of carbonyl (C=O) groups excluding carboxylic acids is 1. The Hall–Kier alpha value is -3.65. The maximum Gasteiger partial charge on any atom is 0.340 e. The molecule has 1 atom stereocenters. The maximum atomic E-state index is 13.6. The van der Waals surface area contributed by atoms with Crippen LogP contribution in [0.4, 0.5) is 10.1 Å². The van der Waals surface area contributed by atoms with Crippen molar-refractivity contribution in [1.29, 1.82) is 0 Å². The van der Waals surface area contributed by atoms with Gasteiger partial charge in [0.15, 0.2) is 6.10 Å². The highest BCUT2D eigenvalue weighted by atomic mass is 19.1. The van der Waals surface area contributed by atoms with E-state index in [-0.39, 0.29) is 23.2 Å². The molecule has 0 saturated carbocycles. The number of anilines is 1. The first-order valence-electron chi connectivity index (χ1n) is 15.5. The Balaban J connectivity index is 1.75. The first-order valence-corrected chi connectivity index (χ1v) is 15.5. The van der Waals surface area contributed by atoms with Crippen molar-refractivity contribution in [3.63, 3.8) is 0 Å². The van der Waals surface area contributed by atoms with Crippen molar-refractivity contribution < 1.29 is 28.5 Å². The van der Waals surface area contributed by atoms with E-state index in [1.165, 1.54) is 12.1 Å². The minimum absolute atomic E-state index is 0.109. The predicted molar refractivity (Wildman–Crippen MR) is 172 cm³/mol. The van der Waals surface area contributed by atoms with Crippen molar-refractivity contribution in [1.82, 2.24) is 4.98 Å². The lowest BCUT2D eigenvalue weighted by Crippen LogP contribution is -2.39. The summed E-state index contributed by atoms with van der Waals surface area (Å²) >= 11 is 0. The van der Waals surface area contributed by atoms with E-state index in [4.69, 9.17) is 14.2 Å². The summed E-state index contributed by atoms with van der Waals surface area (Å²) in [6.07, 6.45) is 1.19. The fourth-order valence-corrected chi connectivity index (χ4v) is 5.46. The number of aromatic hydroxyl groups is 1. The number of hydrogen-bond acceptors (Lipinski definition) is 7. The van der Waals surface area contributed by atoms with Crippen LogP contribution in [0.3, 0.4) is 0 Å². The van der Waals surface area contributed by atoms with Crippen molar-refractivity contribution in [2.75, 3.05) is 24.6 Å². The standard InChI is InChI=1S/C36H47FN2O5/c1-23(2)43-34(41)32(44-35(4,5)6)29-24(3)38-33(40)30(31(29)39-20-18-36(7,8)19-21-39)26-11-15-28(16-12-26)42-22-17-25-9-13-27(37)14-10-25/h9-16,23,32H,17-22H2,1-8H3,(H,38,40). The summed E-state index contributed by atoms with van der Waals surface area (Å²) < 4.78 is 31.3. The number of benzene rings is 2. The second kappa shape index (κ2) is 13.6. The number of piperidine rings is 1. The number of ether oxygens (including phenoxy) is 3. The molecule has 2 aromatic carbocycles. The molecule has 1 unspecified atom stereocenters. The number of hydrogen-bond donors (Lipinski definition) is 1. The van der Waals surface area contributed by atoms with Crippen LogP contribution < -0.4 is 9.64 Å².